The normalized spacial score (nSPS) is 15.8. The van der Waals surface area contributed by atoms with Crippen molar-refractivity contribution >= 4 is 5.82 Å². The van der Waals surface area contributed by atoms with Crippen LogP contribution in [0.25, 0.3) is 0 Å². The quantitative estimate of drug-likeness (QED) is 0.863. The van der Waals surface area contributed by atoms with Crippen LogP contribution in [0.4, 0.5) is 5.82 Å². The Morgan fingerprint density at radius 1 is 1.41 bits per heavy atom. The fourth-order valence-electron chi connectivity index (χ4n) is 2.42. The Balaban J connectivity index is 1.85. The first-order valence-corrected chi connectivity index (χ1v) is 6.27. The first kappa shape index (κ1) is 11.8. The van der Waals surface area contributed by atoms with Gasteiger partial charge in [0, 0.05) is 12.6 Å². The predicted molar refractivity (Wildman–Crippen MR) is 66.5 cm³/mol. The van der Waals surface area contributed by atoms with Gasteiger partial charge in [-0.3, -0.25) is 0 Å². The lowest BCUT2D eigenvalue weighted by Crippen LogP contribution is -2.09. The van der Waals surface area contributed by atoms with Crippen LogP contribution < -0.4 is 5.32 Å². The lowest BCUT2D eigenvalue weighted by molar-refractivity contribution is 0.518. The van der Waals surface area contributed by atoms with E-state index < -0.39 is 0 Å². The predicted octanol–water partition coefficient (Wildman–Crippen LogP) is 2.65. The van der Waals surface area contributed by atoms with Crippen LogP contribution >= 0.6 is 0 Å². The third kappa shape index (κ3) is 3.42. The second-order valence-electron chi connectivity index (χ2n) is 4.66. The maximum atomic E-state index is 8.82. The first-order valence-electron chi connectivity index (χ1n) is 6.27. The number of hydrogen-bond donors (Lipinski definition) is 1. The van der Waals surface area contributed by atoms with Gasteiger partial charge >= 0.3 is 0 Å². The summed E-state index contributed by atoms with van der Waals surface area (Å²) in [6, 6.07) is 3.76. The van der Waals surface area contributed by atoms with Gasteiger partial charge in [0.15, 0.2) is 0 Å². The summed E-state index contributed by atoms with van der Waals surface area (Å²) in [5.74, 6) is 2.29. The maximum Gasteiger partial charge on any atom is 0.146 e. The Morgan fingerprint density at radius 3 is 2.88 bits per heavy atom. The van der Waals surface area contributed by atoms with E-state index in [0.29, 0.717) is 11.5 Å². The zero-order valence-corrected chi connectivity index (χ0v) is 10.2. The Morgan fingerprint density at radius 2 is 2.18 bits per heavy atom. The van der Waals surface area contributed by atoms with E-state index in [2.05, 4.69) is 15.3 Å². The highest BCUT2D eigenvalue weighted by molar-refractivity contribution is 5.39. The van der Waals surface area contributed by atoms with Crippen LogP contribution in [0.3, 0.4) is 0 Å². The second kappa shape index (κ2) is 5.62. The molecule has 0 radical (unpaired) electrons. The van der Waals surface area contributed by atoms with E-state index in [1.807, 2.05) is 13.0 Å². The van der Waals surface area contributed by atoms with Gasteiger partial charge in [-0.05, 0) is 19.3 Å². The van der Waals surface area contributed by atoms with Crippen molar-refractivity contribution < 1.29 is 0 Å². The molecule has 90 valence electrons. The summed E-state index contributed by atoms with van der Waals surface area (Å²) < 4.78 is 0. The van der Waals surface area contributed by atoms with Crippen LogP contribution in [-0.4, -0.2) is 16.5 Å². The van der Waals surface area contributed by atoms with E-state index in [1.165, 1.54) is 32.1 Å². The first-order chi connectivity index (χ1) is 8.28. The molecule has 0 saturated heterocycles. The Labute approximate surface area is 102 Å². The van der Waals surface area contributed by atoms with Crippen LogP contribution in [0.15, 0.2) is 6.07 Å². The molecule has 1 heterocycles. The molecule has 1 aliphatic carbocycles. The third-order valence-corrected chi connectivity index (χ3v) is 3.29. The van der Waals surface area contributed by atoms with Crippen LogP contribution in [-0.2, 0) is 0 Å². The lowest BCUT2D eigenvalue weighted by Gasteiger charge is -2.10. The van der Waals surface area contributed by atoms with Crippen LogP contribution in [0, 0.1) is 24.2 Å². The molecule has 0 amide bonds. The van der Waals surface area contributed by atoms with E-state index in [-0.39, 0.29) is 0 Å². The summed E-state index contributed by atoms with van der Waals surface area (Å²) in [6.45, 7) is 2.75. The highest BCUT2D eigenvalue weighted by atomic mass is 15.0. The highest BCUT2D eigenvalue weighted by Gasteiger charge is 2.14. The summed E-state index contributed by atoms with van der Waals surface area (Å²) in [5.41, 5.74) is 0.431. The van der Waals surface area contributed by atoms with Crippen molar-refractivity contribution in [3.05, 3.63) is 17.6 Å². The molecule has 1 aliphatic rings. The van der Waals surface area contributed by atoms with E-state index >= 15 is 0 Å². The molecular formula is C13H18N4. The van der Waals surface area contributed by atoms with Crippen molar-refractivity contribution in [2.45, 2.75) is 39.0 Å². The molecular weight excluding hydrogens is 212 g/mol. The second-order valence-corrected chi connectivity index (χ2v) is 4.66. The lowest BCUT2D eigenvalue weighted by atomic mass is 10.0. The Kier molecular flexibility index (Phi) is 3.92. The topological polar surface area (TPSA) is 61.6 Å². The number of aryl methyl sites for hydroxylation is 1. The van der Waals surface area contributed by atoms with Crippen molar-refractivity contribution in [2.75, 3.05) is 11.9 Å². The van der Waals surface area contributed by atoms with Gasteiger partial charge in [-0.15, -0.1) is 0 Å². The van der Waals surface area contributed by atoms with Crippen molar-refractivity contribution in [2.24, 2.45) is 5.92 Å². The molecule has 1 N–H and O–H groups in total. The molecule has 0 unspecified atom stereocenters. The van der Waals surface area contributed by atoms with Crippen molar-refractivity contribution in [3.63, 3.8) is 0 Å². The third-order valence-electron chi connectivity index (χ3n) is 3.29. The maximum absolute atomic E-state index is 8.82. The number of rotatable bonds is 4. The summed E-state index contributed by atoms with van der Waals surface area (Å²) in [7, 11) is 0. The number of hydrogen-bond acceptors (Lipinski definition) is 4. The number of anilines is 1. The van der Waals surface area contributed by atoms with E-state index in [9.17, 15) is 0 Å². The molecule has 1 aromatic rings. The minimum atomic E-state index is 0.431. The molecule has 2 rings (SSSR count). The van der Waals surface area contributed by atoms with E-state index in [1.54, 1.807) is 6.07 Å². The average Bonchev–Trinajstić information content (AvgIpc) is 2.81. The van der Waals surface area contributed by atoms with Gasteiger partial charge in [0.25, 0.3) is 0 Å². The molecule has 17 heavy (non-hydrogen) atoms. The molecule has 4 heteroatoms. The molecule has 1 saturated carbocycles. The number of nitrogens with one attached hydrogen (secondary N) is 1. The molecule has 1 aromatic heterocycles. The van der Waals surface area contributed by atoms with E-state index in [4.69, 9.17) is 5.26 Å². The monoisotopic (exact) mass is 230 g/mol. The van der Waals surface area contributed by atoms with E-state index in [0.717, 1.165) is 18.3 Å². The Hall–Kier alpha value is -1.63. The number of nitrogens with zero attached hydrogens (tertiary/aromatic N) is 3. The van der Waals surface area contributed by atoms with Crippen molar-refractivity contribution in [3.8, 4) is 6.07 Å². The summed E-state index contributed by atoms with van der Waals surface area (Å²) in [5, 5.41) is 12.1. The molecule has 0 atom stereocenters. The van der Waals surface area contributed by atoms with Gasteiger partial charge in [0.1, 0.15) is 23.4 Å². The highest BCUT2D eigenvalue weighted by Crippen LogP contribution is 2.27. The molecule has 4 nitrogen and oxygen atoms in total. The summed E-state index contributed by atoms with van der Waals surface area (Å²) >= 11 is 0. The molecule has 0 spiro atoms. The van der Waals surface area contributed by atoms with Gasteiger partial charge in [-0.1, -0.05) is 25.7 Å². The van der Waals surface area contributed by atoms with Crippen LogP contribution in [0.5, 0.6) is 0 Å². The molecule has 0 aliphatic heterocycles. The standard InChI is InChI=1S/C13H18N4/c1-10-16-12(9-14)8-13(17-10)15-7-6-11-4-2-3-5-11/h8,11H,2-7H2,1H3,(H,15,16,17). The van der Waals surface area contributed by atoms with Gasteiger partial charge < -0.3 is 5.32 Å². The van der Waals surface area contributed by atoms with Crippen LogP contribution in [0.1, 0.15) is 43.6 Å². The molecule has 1 fully saturated rings. The van der Waals surface area contributed by atoms with Gasteiger partial charge in [0.05, 0.1) is 0 Å². The minimum Gasteiger partial charge on any atom is -0.370 e. The minimum absolute atomic E-state index is 0.431. The fourth-order valence-corrected chi connectivity index (χ4v) is 2.42. The van der Waals surface area contributed by atoms with Crippen molar-refractivity contribution in [1.82, 2.24) is 9.97 Å². The fraction of sp³-hybridized carbons (Fsp3) is 0.615. The zero-order valence-electron chi connectivity index (χ0n) is 10.2. The number of nitriles is 1. The van der Waals surface area contributed by atoms with Gasteiger partial charge in [-0.25, -0.2) is 9.97 Å². The van der Waals surface area contributed by atoms with Gasteiger partial charge in [-0.2, -0.15) is 5.26 Å². The smallest absolute Gasteiger partial charge is 0.146 e. The molecule has 0 aromatic carbocycles. The van der Waals surface area contributed by atoms with Crippen molar-refractivity contribution in [1.29, 1.82) is 5.26 Å². The zero-order chi connectivity index (χ0) is 12.1. The number of aromatic nitrogens is 2. The summed E-state index contributed by atoms with van der Waals surface area (Å²) in [6.07, 6.45) is 6.71. The van der Waals surface area contributed by atoms with Crippen LogP contribution in [0.2, 0.25) is 0 Å². The Bertz CT molecular complexity index is 416. The largest absolute Gasteiger partial charge is 0.370 e. The SMILES string of the molecule is Cc1nc(C#N)cc(NCCC2CCCC2)n1. The van der Waals surface area contributed by atoms with Gasteiger partial charge in [0.2, 0.25) is 0 Å². The molecule has 0 bridgehead atoms. The summed E-state index contributed by atoms with van der Waals surface area (Å²) in [4.78, 5) is 8.30. The average molecular weight is 230 g/mol.